The molecule has 29 heavy (non-hydrogen) atoms. The van der Waals surface area contributed by atoms with Crippen LogP contribution in [0.2, 0.25) is 0 Å². The van der Waals surface area contributed by atoms with Gasteiger partial charge in [0.25, 0.3) is 0 Å². The summed E-state index contributed by atoms with van der Waals surface area (Å²) in [6, 6.07) is 7.63. The summed E-state index contributed by atoms with van der Waals surface area (Å²) < 4.78 is 16.8. The Bertz CT molecular complexity index is 744. The third-order valence-corrected chi connectivity index (χ3v) is 5.40. The maximum atomic E-state index is 12.1. The monoisotopic (exact) mass is 400 g/mol. The number of carbonyl (C=O) groups is 1. The lowest BCUT2D eigenvalue weighted by atomic mass is 9.98. The molecule has 0 unspecified atom stereocenters. The summed E-state index contributed by atoms with van der Waals surface area (Å²) in [5.41, 5.74) is 2.78. The Hall–Kier alpha value is -2.34. The molecule has 0 radical (unpaired) electrons. The van der Waals surface area contributed by atoms with Gasteiger partial charge in [-0.15, -0.1) is 0 Å². The Labute approximate surface area is 172 Å². The van der Waals surface area contributed by atoms with Gasteiger partial charge in [0.15, 0.2) is 0 Å². The van der Waals surface area contributed by atoms with Crippen LogP contribution in [-0.4, -0.2) is 30.3 Å². The Morgan fingerprint density at radius 3 is 2.62 bits per heavy atom. The molecule has 1 fully saturated rings. The third-order valence-electron chi connectivity index (χ3n) is 5.40. The highest BCUT2D eigenvalue weighted by molar-refractivity contribution is 5.78. The fraction of sp³-hybridized carbons (Fsp3) is 0.565. The molecule has 1 aliphatic carbocycles. The zero-order chi connectivity index (χ0) is 20.5. The van der Waals surface area contributed by atoms with Crippen LogP contribution in [0.4, 0.5) is 0 Å². The van der Waals surface area contributed by atoms with Gasteiger partial charge in [0.05, 0.1) is 23.8 Å². The number of hydrogen-bond donors (Lipinski definition) is 1. The van der Waals surface area contributed by atoms with Crippen molar-refractivity contribution in [3.63, 3.8) is 0 Å². The normalized spacial score (nSPS) is 14.7. The van der Waals surface area contributed by atoms with E-state index < -0.39 is 0 Å². The number of aromatic nitrogens is 1. The number of nitrogens with zero attached hydrogens (tertiary/aromatic N) is 1. The number of rotatable bonds is 10. The molecule has 1 aromatic carbocycles. The van der Waals surface area contributed by atoms with E-state index in [1.807, 2.05) is 38.1 Å². The van der Waals surface area contributed by atoms with Gasteiger partial charge in [-0.2, -0.15) is 0 Å². The van der Waals surface area contributed by atoms with Crippen LogP contribution in [0.1, 0.15) is 61.1 Å². The summed E-state index contributed by atoms with van der Waals surface area (Å²) in [6.45, 7) is 5.58. The van der Waals surface area contributed by atoms with Crippen molar-refractivity contribution in [1.29, 1.82) is 0 Å². The zero-order valence-electron chi connectivity index (χ0n) is 17.5. The summed E-state index contributed by atoms with van der Waals surface area (Å²) in [4.78, 5) is 12.1. The fourth-order valence-corrected chi connectivity index (χ4v) is 3.60. The van der Waals surface area contributed by atoms with Crippen LogP contribution in [0.3, 0.4) is 0 Å². The minimum atomic E-state index is 0.0343. The summed E-state index contributed by atoms with van der Waals surface area (Å²) in [6.07, 6.45) is 7.93. The summed E-state index contributed by atoms with van der Waals surface area (Å²) >= 11 is 0. The van der Waals surface area contributed by atoms with Gasteiger partial charge in [-0.3, -0.25) is 4.79 Å². The van der Waals surface area contributed by atoms with Crippen LogP contribution in [0, 0.1) is 13.8 Å². The van der Waals surface area contributed by atoms with Gasteiger partial charge in [-0.05, 0) is 50.8 Å². The number of hydrogen-bond acceptors (Lipinski definition) is 5. The lowest BCUT2D eigenvalue weighted by molar-refractivity contribution is -0.120. The number of benzene rings is 1. The van der Waals surface area contributed by atoms with Crippen LogP contribution in [0.5, 0.6) is 5.75 Å². The molecular formula is C23H32N2O4. The molecule has 6 heteroatoms. The fourth-order valence-electron chi connectivity index (χ4n) is 3.60. The van der Waals surface area contributed by atoms with Gasteiger partial charge in [0.2, 0.25) is 5.91 Å². The van der Waals surface area contributed by atoms with Gasteiger partial charge in [0, 0.05) is 13.2 Å². The highest BCUT2D eigenvalue weighted by Gasteiger charge is 2.13. The molecule has 0 spiro atoms. The maximum absolute atomic E-state index is 12.1. The van der Waals surface area contributed by atoms with Gasteiger partial charge >= 0.3 is 0 Å². The average molecular weight is 401 g/mol. The molecule has 1 N–H and O–H groups in total. The summed E-state index contributed by atoms with van der Waals surface area (Å²) in [5.74, 6) is 1.57. The number of nitrogens with one attached hydrogen (secondary N) is 1. The van der Waals surface area contributed by atoms with Crippen molar-refractivity contribution in [3.05, 3.63) is 46.8 Å². The second-order valence-corrected chi connectivity index (χ2v) is 7.75. The van der Waals surface area contributed by atoms with Crippen molar-refractivity contribution in [3.8, 4) is 5.75 Å². The van der Waals surface area contributed by atoms with Crippen LogP contribution in [-0.2, 0) is 22.6 Å². The van der Waals surface area contributed by atoms with Gasteiger partial charge < -0.3 is 19.3 Å². The SMILES string of the molecule is Cc1noc(C)c1COc1ccc(CC(=O)NCCCOC2CCCCC2)cc1. The van der Waals surface area contributed by atoms with Crippen molar-refractivity contribution in [2.75, 3.05) is 13.2 Å². The molecule has 1 amide bonds. The molecule has 3 rings (SSSR count). The molecule has 1 heterocycles. The van der Waals surface area contributed by atoms with Crippen molar-refractivity contribution >= 4 is 5.91 Å². The smallest absolute Gasteiger partial charge is 0.224 e. The second-order valence-electron chi connectivity index (χ2n) is 7.75. The minimum absolute atomic E-state index is 0.0343. The zero-order valence-corrected chi connectivity index (χ0v) is 17.5. The highest BCUT2D eigenvalue weighted by Crippen LogP contribution is 2.20. The second kappa shape index (κ2) is 11.0. The van der Waals surface area contributed by atoms with Crippen molar-refractivity contribution in [2.24, 2.45) is 0 Å². The predicted molar refractivity (Wildman–Crippen MR) is 111 cm³/mol. The first kappa shape index (κ1) is 21.4. The van der Waals surface area contributed by atoms with E-state index in [2.05, 4.69) is 10.5 Å². The van der Waals surface area contributed by atoms with Crippen molar-refractivity contribution in [1.82, 2.24) is 10.5 Å². The van der Waals surface area contributed by atoms with Crippen molar-refractivity contribution in [2.45, 2.75) is 71.5 Å². The summed E-state index contributed by atoms with van der Waals surface area (Å²) in [7, 11) is 0. The maximum Gasteiger partial charge on any atom is 0.224 e. The van der Waals surface area contributed by atoms with Crippen molar-refractivity contribution < 1.29 is 18.8 Å². The van der Waals surface area contributed by atoms with Gasteiger partial charge in [-0.25, -0.2) is 0 Å². The first-order valence-corrected chi connectivity index (χ1v) is 10.6. The topological polar surface area (TPSA) is 73.6 Å². The molecule has 2 aromatic rings. The Kier molecular flexibility index (Phi) is 8.11. The molecule has 0 atom stereocenters. The minimum Gasteiger partial charge on any atom is -0.489 e. The summed E-state index contributed by atoms with van der Waals surface area (Å²) in [5, 5.41) is 6.90. The van der Waals surface area contributed by atoms with Gasteiger partial charge in [0.1, 0.15) is 18.1 Å². The molecule has 0 bridgehead atoms. The average Bonchev–Trinajstić information content (AvgIpc) is 3.05. The molecular weight excluding hydrogens is 368 g/mol. The van der Waals surface area contributed by atoms with Crippen LogP contribution >= 0.6 is 0 Å². The molecule has 0 aliphatic heterocycles. The lowest BCUT2D eigenvalue weighted by Gasteiger charge is -2.21. The van der Waals surface area contributed by atoms with Crippen LogP contribution in [0.25, 0.3) is 0 Å². The standard InChI is InChI=1S/C23H32N2O4/c1-17-22(18(2)29-25-17)16-28-21-11-9-19(10-12-21)15-23(26)24-13-6-14-27-20-7-4-3-5-8-20/h9-12,20H,3-8,13-16H2,1-2H3,(H,24,26). The van der Waals surface area contributed by atoms with E-state index in [0.29, 0.717) is 25.7 Å². The van der Waals surface area contributed by atoms with E-state index in [-0.39, 0.29) is 5.91 Å². The first-order chi connectivity index (χ1) is 14.1. The Balaban J connectivity index is 1.32. The molecule has 1 aromatic heterocycles. The van der Waals surface area contributed by atoms with E-state index in [4.69, 9.17) is 14.0 Å². The number of amides is 1. The molecule has 1 aliphatic rings. The van der Waals surface area contributed by atoms with Crippen LogP contribution < -0.4 is 10.1 Å². The largest absolute Gasteiger partial charge is 0.489 e. The number of ether oxygens (including phenoxy) is 2. The molecule has 1 saturated carbocycles. The molecule has 158 valence electrons. The molecule has 6 nitrogen and oxygen atoms in total. The van der Waals surface area contributed by atoms with E-state index in [1.54, 1.807) is 0 Å². The van der Waals surface area contributed by atoms with Gasteiger partial charge in [-0.1, -0.05) is 36.6 Å². The quantitative estimate of drug-likeness (QED) is 0.603. The van der Waals surface area contributed by atoms with Crippen LogP contribution in [0.15, 0.2) is 28.8 Å². The highest BCUT2D eigenvalue weighted by atomic mass is 16.5. The van der Waals surface area contributed by atoms with E-state index in [1.165, 1.54) is 32.1 Å². The number of aryl methyl sites for hydroxylation is 2. The Morgan fingerprint density at radius 1 is 1.17 bits per heavy atom. The first-order valence-electron chi connectivity index (χ1n) is 10.6. The lowest BCUT2D eigenvalue weighted by Crippen LogP contribution is -2.27. The molecule has 0 saturated heterocycles. The predicted octanol–water partition coefficient (Wildman–Crippen LogP) is 4.27. The Morgan fingerprint density at radius 2 is 1.93 bits per heavy atom. The number of carbonyl (C=O) groups excluding carboxylic acids is 1. The third kappa shape index (κ3) is 6.89. The van der Waals surface area contributed by atoms with E-state index in [9.17, 15) is 4.79 Å². The van der Waals surface area contributed by atoms with E-state index in [0.717, 1.165) is 41.4 Å². The van der Waals surface area contributed by atoms with E-state index >= 15 is 0 Å².